The van der Waals surface area contributed by atoms with E-state index in [2.05, 4.69) is 15.0 Å². The summed E-state index contributed by atoms with van der Waals surface area (Å²) in [4.78, 5) is 0.0790. The molecule has 0 aliphatic carbocycles. The number of nitrogens with one attached hydrogen (secondary N) is 1. The zero-order chi connectivity index (χ0) is 19.6. The lowest BCUT2D eigenvalue weighted by atomic mass is 10.2. The zero-order valence-electron chi connectivity index (χ0n) is 15.1. The van der Waals surface area contributed by atoms with Crippen LogP contribution < -0.4 is 4.72 Å². The molecule has 7 nitrogen and oxygen atoms in total. The van der Waals surface area contributed by atoms with Gasteiger partial charge in [0, 0.05) is 17.8 Å². The summed E-state index contributed by atoms with van der Waals surface area (Å²) in [6.45, 7) is 2.15. The van der Waals surface area contributed by atoms with Crippen LogP contribution in [0.2, 0.25) is 0 Å². The van der Waals surface area contributed by atoms with Gasteiger partial charge in [-0.2, -0.15) is 5.10 Å². The average Bonchev–Trinajstić information content (AvgIpc) is 3.29. The number of anilines is 1. The Morgan fingerprint density at radius 3 is 2.36 bits per heavy atom. The topological polar surface area (TPSA) is 90.0 Å². The van der Waals surface area contributed by atoms with Crippen LogP contribution >= 0.6 is 0 Å². The Hall–Kier alpha value is -3.39. The van der Waals surface area contributed by atoms with E-state index in [0.717, 1.165) is 5.56 Å². The standard InChI is InChI=1S/C20H18N4O3S/c1-15-12-19(22-27-15)23-28(25,26)18-14-24(13-16-8-4-2-5-9-16)21-20(18)17-10-6-3-7-11-17/h2-12,14H,13H2,1H3,(H,22,23). The van der Waals surface area contributed by atoms with Crippen molar-refractivity contribution in [3.8, 4) is 11.3 Å². The third-order valence-corrected chi connectivity index (χ3v) is 5.47. The highest BCUT2D eigenvalue weighted by atomic mass is 32.2. The minimum atomic E-state index is -3.91. The molecular formula is C20H18N4O3S. The molecule has 0 saturated heterocycles. The Morgan fingerprint density at radius 1 is 1.04 bits per heavy atom. The molecule has 0 spiro atoms. The van der Waals surface area contributed by atoms with Gasteiger partial charge in [0.15, 0.2) is 5.82 Å². The maximum absolute atomic E-state index is 13.0. The molecule has 0 aliphatic heterocycles. The van der Waals surface area contributed by atoms with Crippen LogP contribution in [0.5, 0.6) is 0 Å². The number of hydrogen-bond donors (Lipinski definition) is 1. The van der Waals surface area contributed by atoms with E-state index < -0.39 is 10.0 Å². The largest absolute Gasteiger partial charge is 0.360 e. The van der Waals surface area contributed by atoms with Crippen molar-refractivity contribution < 1.29 is 12.9 Å². The van der Waals surface area contributed by atoms with Crippen molar-refractivity contribution in [3.05, 3.63) is 84.3 Å². The van der Waals surface area contributed by atoms with Crippen LogP contribution in [0.25, 0.3) is 11.3 Å². The van der Waals surface area contributed by atoms with Gasteiger partial charge in [-0.3, -0.25) is 9.40 Å². The molecule has 4 aromatic rings. The van der Waals surface area contributed by atoms with Crippen molar-refractivity contribution in [2.24, 2.45) is 0 Å². The number of nitrogens with zero attached hydrogens (tertiary/aromatic N) is 3. The molecule has 142 valence electrons. The summed E-state index contributed by atoms with van der Waals surface area (Å²) in [6.07, 6.45) is 1.53. The van der Waals surface area contributed by atoms with Gasteiger partial charge < -0.3 is 4.52 Å². The number of sulfonamides is 1. The number of aromatic nitrogens is 3. The van der Waals surface area contributed by atoms with Gasteiger partial charge in [-0.25, -0.2) is 8.42 Å². The quantitative estimate of drug-likeness (QED) is 0.539. The third kappa shape index (κ3) is 3.81. The fourth-order valence-corrected chi connectivity index (χ4v) is 4.01. The minimum Gasteiger partial charge on any atom is -0.360 e. The van der Waals surface area contributed by atoms with Gasteiger partial charge in [0.25, 0.3) is 10.0 Å². The van der Waals surface area contributed by atoms with Gasteiger partial charge in [0.2, 0.25) is 0 Å². The Bertz CT molecular complexity index is 1180. The Kier molecular flexibility index (Phi) is 4.70. The van der Waals surface area contributed by atoms with E-state index in [1.165, 1.54) is 12.3 Å². The summed E-state index contributed by atoms with van der Waals surface area (Å²) >= 11 is 0. The smallest absolute Gasteiger partial charge is 0.266 e. The lowest BCUT2D eigenvalue weighted by Gasteiger charge is -2.05. The molecule has 0 fully saturated rings. The normalized spacial score (nSPS) is 11.5. The van der Waals surface area contributed by atoms with Crippen LogP contribution in [0.15, 0.2) is 82.3 Å². The molecule has 2 aromatic heterocycles. The number of benzene rings is 2. The average molecular weight is 394 g/mol. The molecule has 0 aliphatic rings. The molecular weight excluding hydrogens is 376 g/mol. The van der Waals surface area contributed by atoms with Crippen molar-refractivity contribution in [2.75, 3.05) is 4.72 Å². The summed E-state index contributed by atoms with van der Waals surface area (Å²) < 4.78 is 35.1. The molecule has 2 heterocycles. The lowest BCUT2D eigenvalue weighted by Crippen LogP contribution is -2.13. The van der Waals surface area contributed by atoms with Crippen LogP contribution in [0.1, 0.15) is 11.3 Å². The lowest BCUT2D eigenvalue weighted by molar-refractivity contribution is 0.400. The van der Waals surface area contributed by atoms with Crippen LogP contribution in [0, 0.1) is 6.92 Å². The number of hydrogen-bond acceptors (Lipinski definition) is 5. The first-order valence-electron chi connectivity index (χ1n) is 8.64. The molecule has 28 heavy (non-hydrogen) atoms. The van der Waals surface area contributed by atoms with Crippen molar-refractivity contribution in [3.63, 3.8) is 0 Å². The number of rotatable bonds is 6. The summed E-state index contributed by atoms with van der Waals surface area (Å²) in [6, 6.07) is 20.5. The molecule has 0 amide bonds. The molecule has 0 atom stereocenters. The van der Waals surface area contributed by atoms with Crippen LogP contribution in [-0.4, -0.2) is 23.4 Å². The predicted octanol–water partition coefficient (Wildman–Crippen LogP) is 3.70. The predicted molar refractivity (Wildman–Crippen MR) is 105 cm³/mol. The highest BCUT2D eigenvalue weighted by molar-refractivity contribution is 7.92. The van der Waals surface area contributed by atoms with Gasteiger partial charge in [-0.15, -0.1) is 0 Å². The van der Waals surface area contributed by atoms with Gasteiger partial charge in [-0.05, 0) is 12.5 Å². The molecule has 0 saturated carbocycles. The molecule has 0 unspecified atom stereocenters. The van der Waals surface area contributed by atoms with Crippen molar-refractivity contribution in [1.82, 2.24) is 14.9 Å². The summed E-state index contributed by atoms with van der Waals surface area (Å²) in [7, 11) is -3.91. The maximum Gasteiger partial charge on any atom is 0.266 e. The zero-order valence-corrected chi connectivity index (χ0v) is 15.9. The second-order valence-corrected chi connectivity index (χ2v) is 7.97. The van der Waals surface area contributed by atoms with Gasteiger partial charge >= 0.3 is 0 Å². The van der Waals surface area contributed by atoms with Crippen LogP contribution in [-0.2, 0) is 16.6 Å². The van der Waals surface area contributed by atoms with Crippen LogP contribution in [0.4, 0.5) is 5.82 Å². The molecule has 1 N–H and O–H groups in total. The fraction of sp³-hybridized carbons (Fsp3) is 0.100. The van der Waals surface area contributed by atoms with E-state index in [-0.39, 0.29) is 10.7 Å². The van der Waals surface area contributed by atoms with Gasteiger partial charge in [-0.1, -0.05) is 65.8 Å². The van der Waals surface area contributed by atoms with Gasteiger partial charge in [0.05, 0.1) is 6.54 Å². The van der Waals surface area contributed by atoms with Crippen molar-refractivity contribution in [2.45, 2.75) is 18.4 Å². The van der Waals surface area contributed by atoms with Gasteiger partial charge in [0.1, 0.15) is 16.3 Å². The Labute approximate surface area is 162 Å². The Balaban J connectivity index is 1.75. The molecule has 0 bridgehead atoms. The maximum atomic E-state index is 13.0. The summed E-state index contributed by atoms with van der Waals surface area (Å²) in [5, 5.41) is 8.25. The van der Waals surface area contributed by atoms with E-state index in [0.29, 0.717) is 23.6 Å². The first-order valence-corrected chi connectivity index (χ1v) is 10.1. The van der Waals surface area contributed by atoms with E-state index in [1.807, 2.05) is 60.7 Å². The van der Waals surface area contributed by atoms with E-state index in [9.17, 15) is 8.42 Å². The SMILES string of the molecule is Cc1cc(NS(=O)(=O)c2cn(Cc3ccccc3)nc2-c2ccccc2)no1. The van der Waals surface area contributed by atoms with E-state index >= 15 is 0 Å². The highest BCUT2D eigenvalue weighted by Gasteiger charge is 2.25. The van der Waals surface area contributed by atoms with Crippen molar-refractivity contribution in [1.29, 1.82) is 0 Å². The summed E-state index contributed by atoms with van der Waals surface area (Å²) in [5.74, 6) is 0.646. The van der Waals surface area contributed by atoms with E-state index in [1.54, 1.807) is 11.6 Å². The second-order valence-electron chi connectivity index (χ2n) is 6.32. The van der Waals surface area contributed by atoms with E-state index in [4.69, 9.17) is 4.52 Å². The summed E-state index contributed by atoms with van der Waals surface area (Å²) in [5.41, 5.74) is 2.11. The molecule has 2 aromatic carbocycles. The first kappa shape index (κ1) is 18.0. The first-order chi connectivity index (χ1) is 13.5. The molecule has 0 radical (unpaired) electrons. The fourth-order valence-electron chi connectivity index (χ4n) is 2.85. The highest BCUT2D eigenvalue weighted by Crippen LogP contribution is 2.27. The van der Waals surface area contributed by atoms with Crippen molar-refractivity contribution >= 4 is 15.8 Å². The minimum absolute atomic E-state index is 0.0790. The second kappa shape index (κ2) is 7.32. The molecule has 4 rings (SSSR count). The monoisotopic (exact) mass is 394 g/mol. The third-order valence-electron chi connectivity index (χ3n) is 4.12. The van der Waals surface area contributed by atoms with Crippen LogP contribution in [0.3, 0.4) is 0 Å². The Morgan fingerprint density at radius 2 is 1.71 bits per heavy atom. The molecule has 8 heteroatoms. The number of aryl methyl sites for hydroxylation is 1.